The molecule has 0 saturated heterocycles. The Hall–Kier alpha value is -2.55. The van der Waals surface area contributed by atoms with Gasteiger partial charge in [0.2, 0.25) is 0 Å². The van der Waals surface area contributed by atoms with Crippen LogP contribution in [0.3, 0.4) is 0 Å². The van der Waals surface area contributed by atoms with Crippen LogP contribution in [-0.2, 0) is 17.1 Å². The van der Waals surface area contributed by atoms with Gasteiger partial charge in [-0.05, 0) is 0 Å². The second-order valence-electron chi connectivity index (χ2n) is 15.9. The summed E-state index contributed by atoms with van der Waals surface area (Å²) >= 11 is -3.97. The molecule has 0 saturated carbocycles. The van der Waals surface area contributed by atoms with E-state index in [2.05, 4.69) is 148 Å². The molecule has 0 N–H and O–H groups in total. The van der Waals surface area contributed by atoms with E-state index in [0.29, 0.717) is 7.35 Å². The van der Waals surface area contributed by atoms with Crippen LogP contribution in [0.15, 0.2) is 84.9 Å². The summed E-state index contributed by atoms with van der Waals surface area (Å²) in [6.45, 7) is 13.9. The van der Waals surface area contributed by atoms with Crippen LogP contribution in [0.4, 0.5) is 0 Å². The summed E-state index contributed by atoms with van der Waals surface area (Å²) in [6.07, 6.45) is 18.8. The van der Waals surface area contributed by atoms with E-state index in [1.54, 1.807) is 11.1 Å². The zero-order valence-corrected chi connectivity index (χ0v) is 35.6. The fourth-order valence-corrected chi connectivity index (χ4v) is 63.0. The average Bonchev–Trinajstić information content (AvgIpc) is 3.73. The average molecular weight is 818 g/mol. The van der Waals surface area contributed by atoms with Crippen molar-refractivity contribution >= 4 is 17.6 Å². The molecule has 4 aromatic rings. The fraction of sp³-hybridized carbons (Fsp3) is 0.391. The Kier molecular flexibility index (Phi) is 10.6. The van der Waals surface area contributed by atoms with Gasteiger partial charge in [-0.1, -0.05) is 0 Å². The van der Waals surface area contributed by atoms with Gasteiger partial charge >= 0.3 is 295 Å². The first-order valence-electron chi connectivity index (χ1n) is 18.9. The molecule has 6 rings (SSSR count). The van der Waals surface area contributed by atoms with Crippen molar-refractivity contribution in [3.63, 3.8) is 0 Å². The van der Waals surface area contributed by atoms with Crippen LogP contribution in [0.5, 0.6) is 0 Å². The number of rotatable bonds is 12. The van der Waals surface area contributed by atoms with E-state index in [4.69, 9.17) is 0 Å². The third kappa shape index (κ3) is 6.08. The fourth-order valence-electron chi connectivity index (χ4n) is 9.50. The van der Waals surface area contributed by atoms with Gasteiger partial charge in [0.15, 0.2) is 0 Å². The Morgan fingerprint density at radius 1 is 0.521 bits per heavy atom. The van der Waals surface area contributed by atoms with E-state index in [1.165, 1.54) is 106 Å². The number of benzene rings is 4. The zero-order chi connectivity index (χ0) is 34.1. The standard InChI is InChI=1S/2C17H15.C10H22Si.2CH3.Hf/c2*1-12-6-3-9-15(13(12)2)17-11-5-8-14-7-4-10-16(14)17;1-3-5-7-9-11-10-8-6-4-2;;;/h2*3-11H,1-2H3;3-10H2,1-2H3;2*1H3;. The number of allylic oxidation sites excluding steroid dienone is 2. The van der Waals surface area contributed by atoms with Gasteiger partial charge in [-0.25, -0.2) is 0 Å². The van der Waals surface area contributed by atoms with Gasteiger partial charge in [0.25, 0.3) is 0 Å². The van der Waals surface area contributed by atoms with Gasteiger partial charge in [0.05, 0.1) is 0 Å². The molecule has 0 fully saturated rings. The molecule has 0 amide bonds. The van der Waals surface area contributed by atoms with Crippen LogP contribution in [0.25, 0.3) is 34.4 Å². The van der Waals surface area contributed by atoms with Gasteiger partial charge in [-0.3, -0.25) is 0 Å². The number of aryl methyl sites for hydroxylation is 2. The van der Waals surface area contributed by atoms with E-state index < -0.39 is 22.6 Å². The summed E-state index contributed by atoms with van der Waals surface area (Å²) in [5.74, 6) is 0. The van der Waals surface area contributed by atoms with E-state index in [9.17, 15) is 0 Å². The molecule has 2 aliphatic rings. The predicted molar refractivity (Wildman–Crippen MR) is 212 cm³/mol. The molecule has 4 aromatic carbocycles. The minimum absolute atomic E-state index is 0.573. The molecule has 2 heteroatoms. The number of hydrogen-bond acceptors (Lipinski definition) is 0. The number of unbranched alkanes of at least 4 members (excludes halogenated alkanes) is 4. The molecule has 0 nitrogen and oxygen atoms in total. The number of fused-ring (bicyclic) bond motifs is 2. The summed E-state index contributed by atoms with van der Waals surface area (Å²) in [7, 11) is 0. The summed E-state index contributed by atoms with van der Waals surface area (Å²) in [6, 6.07) is 31.3. The van der Waals surface area contributed by atoms with Crippen LogP contribution >= 0.6 is 0 Å². The Morgan fingerprint density at radius 3 is 1.33 bits per heavy atom. The molecule has 48 heavy (non-hydrogen) atoms. The quantitative estimate of drug-likeness (QED) is 0.0987. The Bertz CT molecular complexity index is 1830. The van der Waals surface area contributed by atoms with Crippen molar-refractivity contribution in [3.05, 3.63) is 129 Å². The van der Waals surface area contributed by atoms with Crippen LogP contribution in [0.1, 0.15) is 104 Å². The van der Waals surface area contributed by atoms with Crippen molar-refractivity contribution in [1.82, 2.24) is 0 Å². The molecular formula is C46H58HfSi. The maximum atomic E-state index is 2.97. The summed E-state index contributed by atoms with van der Waals surface area (Å²) < 4.78 is 7.08. The van der Waals surface area contributed by atoms with Gasteiger partial charge < -0.3 is 0 Å². The van der Waals surface area contributed by atoms with Gasteiger partial charge in [-0.2, -0.15) is 0 Å². The Labute approximate surface area is 293 Å². The van der Waals surface area contributed by atoms with Crippen molar-refractivity contribution in [2.75, 3.05) is 0 Å². The van der Waals surface area contributed by atoms with Gasteiger partial charge in [-0.15, -0.1) is 0 Å². The van der Waals surface area contributed by atoms with E-state index in [1.807, 2.05) is 0 Å². The van der Waals surface area contributed by atoms with Crippen molar-refractivity contribution < 1.29 is 17.1 Å². The molecule has 0 spiro atoms. The second-order valence-corrected chi connectivity index (χ2v) is 61.9. The Balaban J connectivity index is 1.60. The molecule has 0 heterocycles. The zero-order valence-electron chi connectivity index (χ0n) is 31.0. The topological polar surface area (TPSA) is 0 Å². The third-order valence-corrected chi connectivity index (χ3v) is 68.9. The van der Waals surface area contributed by atoms with Crippen LogP contribution in [0.2, 0.25) is 21.4 Å². The molecular weight excluding hydrogens is 759 g/mol. The normalized spacial score (nSPS) is 16.8. The molecule has 2 aliphatic carbocycles. The van der Waals surface area contributed by atoms with Crippen molar-refractivity contribution in [1.29, 1.82) is 0 Å². The second kappa shape index (κ2) is 14.4. The molecule has 0 radical (unpaired) electrons. The monoisotopic (exact) mass is 818 g/mol. The van der Waals surface area contributed by atoms with Gasteiger partial charge in [0, 0.05) is 0 Å². The molecule has 0 aliphatic heterocycles. The maximum absolute atomic E-state index is 3.97. The van der Waals surface area contributed by atoms with Crippen molar-refractivity contribution in [2.45, 2.75) is 109 Å². The minimum atomic E-state index is -3.97. The predicted octanol–water partition coefficient (Wildman–Crippen LogP) is 14.2. The molecule has 0 bridgehead atoms. The van der Waals surface area contributed by atoms with Crippen LogP contribution in [-0.4, -0.2) is 5.49 Å². The first-order valence-corrected chi connectivity index (χ1v) is 37.5. The first-order chi connectivity index (χ1) is 23.1. The molecule has 2 atom stereocenters. The van der Waals surface area contributed by atoms with E-state index >= 15 is 0 Å². The molecule has 250 valence electrons. The summed E-state index contributed by atoms with van der Waals surface area (Å²) in [4.78, 5) is 0. The first kappa shape index (κ1) is 35.3. The van der Waals surface area contributed by atoms with Gasteiger partial charge in [0.1, 0.15) is 0 Å². The number of hydrogen-bond donors (Lipinski definition) is 0. The van der Waals surface area contributed by atoms with E-state index in [-0.39, 0.29) is 0 Å². The molecule has 0 aromatic heterocycles. The summed E-state index contributed by atoms with van der Waals surface area (Å²) in [5, 5.41) is 0. The van der Waals surface area contributed by atoms with Crippen molar-refractivity contribution in [3.8, 4) is 22.3 Å². The summed E-state index contributed by atoms with van der Waals surface area (Å²) in [5.41, 5.74) is 16.9. The SMILES string of the molecule is CCCCC[Si](CCCCC)=[Hf]([CH3])([CH3])([CH]1C=Cc2c(-c3cccc(C)c3C)cccc21)[CH]1C=Cc2c(-c3cccc(C)c3C)cccc21. The van der Waals surface area contributed by atoms with E-state index in [0.717, 1.165) is 0 Å². The Morgan fingerprint density at radius 2 is 0.917 bits per heavy atom. The molecule has 2 unspecified atom stereocenters. The van der Waals surface area contributed by atoms with Crippen LogP contribution < -0.4 is 0 Å². The third-order valence-electron chi connectivity index (χ3n) is 12.8. The van der Waals surface area contributed by atoms with Crippen LogP contribution in [0, 0.1) is 27.7 Å². The van der Waals surface area contributed by atoms with Crippen molar-refractivity contribution in [2.24, 2.45) is 0 Å².